The molecule has 3 rings (SSSR count). The van der Waals surface area contributed by atoms with Crippen LogP contribution in [0.2, 0.25) is 14.8 Å². The number of fused-ring (bicyclic) bond motifs is 2. The molecular formula is C18H29NOSn. The number of benzene rings is 1. The van der Waals surface area contributed by atoms with Crippen LogP contribution in [-0.2, 0) is 4.74 Å². The van der Waals surface area contributed by atoms with Crippen LogP contribution in [0, 0.1) is 0 Å². The molecular weight excluding hydrogens is 365 g/mol. The molecule has 0 amide bonds. The van der Waals surface area contributed by atoms with Gasteiger partial charge in [-0.25, -0.2) is 0 Å². The van der Waals surface area contributed by atoms with Crippen molar-refractivity contribution in [1.82, 2.24) is 4.90 Å². The van der Waals surface area contributed by atoms with E-state index in [1.54, 1.807) is 3.58 Å². The molecule has 0 unspecified atom stereocenters. The second-order valence-corrected chi connectivity index (χ2v) is 22.5. The number of ether oxygens (including phenoxy) is 1. The molecule has 0 aromatic heterocycles. The number of hydrogen-bond donors (Lipinski definition) is 0. The molecule has 2 heterocycles. The standard InChI is InChI=1S/C15H20NO.3CH3.Sn/c1-16-14-8-9-15(16,17-2)11-13(10-14)12-6-4-3-5-7-12;;;;/h4-7,13-14H,8-11H2,1-2H3;3*1H3;/t13-,14-,15-;;;;/m0..../s1. The van der Waals surface area contributed by atoms with Crippen molar-refractivity contribution in [3.63, 3.8) is 0 Å². The van der Waals surface area contributed by atoms with Crippen molar-refractivity contribution in [3.05, 3.63) is 29.8 Å². The van der Waals surface area contributed by atoms with Gasteiger partial charge in [0, 0.05) is 0 Å². The minimum absolute atomic E-state index is 0.00445. The number of piperidine rings is 1. The van der Waals surface area contributed by atoms with Gasteiger partial charge >= 0.3 is 134 Å². The van der Waals surface area contributed by atoms with Crippen molar-refractivity contribution in [1.29, 1.82) is 0 Å². The first kappa shape index (κ1) is 15.8. The number of nitrogens with zero attached hydrogens (tertiary/aromatic N) is 1. The Kier molecular flexibility index (Phi) is 4.17. The third kappa shape index (κ3) is 2.79. The van der Waals surface area contributed by atoms with E-state index in [9.17, 15) is 0 Å². The van der Waals surface area contributed by atoms with Crippen LogP contribution < -0.4 is 3.58 Å². The topological polar surface area (TPSA) is 12.5 Å². The Labute approximate surface area is 133 Å². The van der Waals surface area contributed by atoms with Crippen LogP contribution in [-0.4, -0.2) is 49.2 Å². The van der Waals surface area contributed by atoms with Gasteiger partial charge in [-0.05, 0) is 0 Å². The Morgan fingerprint density at radius 2 is 1.86 bits per heavy atom. The van der Waals surface area contributed by atoms with Gasteiger partial charge in [-0.1, -0.05) is 0 Å². The van der Waals surface area contributed by atoms with Gasteiger partial charge in [0.15, 0.2) is 0 Å². The van der Waals surface area contributed by atoms with Crippen LogP contribution in [0.5, 0.6) is 0 Å². The molecule has 0 N–H and O–H groups in total. The molecule has 1 aromatic carbocycles. The second kappa shape index (κ2) is 5.54. The van der Waals surface area contributed by atoms with E-state index in [0.717, 1.165) is 6.42 Å². The van der Waals surface area contributed by atoms with Crippen molar-refractivity contribution in [2.24, 2.45) is 0 Å². The summed E-state index contributed by atoms with van der Waals surface area (Å²) in [4.78, 5) is 9.95. The minimum atomic E-state index is -1.91. The molecule has 2 aliphatic rings. The summed E-state index contributed by atoms with van der Waals surface area (Å²) in [7, 11) is 4.13. The number of methoxy groups -OCH3 is 1. The van der Waals surface area contributed by atoms with Crippen LogP contribution in [0.4, 0.5) is 0 Å². The van der Waals surface area contributed by atoms with Gasteiger partial charge in [0.05, 0.1) is 0 Å². The van der Waals surface area contributed by atoms with Gasteiger partial charge in [-0.15, -0.1) is 0 Å². The van der Waals surface area contributed by atoms with Crippen LogP contribution in [0.25, 0.3) is 0 Å². The quantitative estimate of drug-likeness (QED) is 0.728. The van der Waals surface area contributed by atoms with Gasteiger partial charge in [0.2, 0.25) is 0 Å². The van der Waals surface area contributed by atoms with E-state index in [0.29, 0.717) is 12.0 Å². The normalized spacial score (nSPS) is 33.4. The Hall–Kier alpha value is -0.0613. The van der Waals surface area contributed by atoms with Crippen molar-refractivity contribution in [3.8, 4) is 0 Å². The van der Waals surface area contributed by atoms with E-state index >= 15 is 0 Å². The first-order valence-electron chi connectivity index (χ1n) is 8.24. The second-order valence-electron chi connectivity index (χ2n) is 7.96. The third-order valence-electron chi connectivity index (χ3n) is 5.81. The predicted molar refractivity (Wildman–Crippen MR) is 91.9 cm³/mol. The average molecular weight is 394 g/mol. The number of hydrogen-bond acceptors (Lipinski definition) is 2. The summed E-state index contributed by atoms with van der Waals surface area (Å²) in [6.45, 7) is 0. The first-order valence-corrected chi connectivity index (χ1v) is 18.2. The molecule has 3 atom stereocenters. The van der Waals surface area contributed by atoms with Crippen LogP contribution in [0.3, 0.4) is 0 Å². The molecule has 0 radical (unpaired) electrons. The van der Waals surface area contributed by atoms with Gasteiger partial charge in [0.25, 0.3) is 0 Å². The molecule has 0 saturated carbocycles. The van der Waals surface area contributed by atoms with Gasteiger partial charge in [-0.3, -0.25) is 0 Å². The van der Waals surface area contributed by atoms with Crippen LogP contribution in [0.15, 0.2) is 24.3 Å². The van der Waals surface area contributed by atoms with Gasteiger partial charge in [0.1, 0.15) is 0 Å². The molecule has 0 aliphatic carbocycles. The zero-order valence-electron chi connectivity index (χ0n) is 14.1. The summed E-state index contributed by atoms with van der Waals surface area (Å²) in [6.07, 6.45) is 4.92. The van der Waals surface area contributed by atoms with Crippen molar-refractivity contribution >= 4 is 22.0 Å². The fourth-order valence-electron chi connectivity index (χ4n) is 4.25. The van der Waals surface area contributed by atoms with Crippen molar-refractivity contribution in [2.45, 2.75) is 58.2 Å². The van der Waals surface area contributed by atoms with Gasteiger partial charge in [-0.2, -0.15) is 0 Å². The molecule has 2 bridgehead atoms. The summed E-state index contributed by atoms with van der Waals surface area (Å²) >= 11 is -1.91. The maximum absolute atomic E-state index is 5.95. The summed E-state index contributed by atoms with van der Waals surface area (Å²) in [5, 5.41) is 0. The summed E-state index contributed by atoms with van der Waals surface area (Å²) in [5.41, 5.74) is 1.52. The molecule has 2 aliphatic heterocycles. The van der Waals surface area contributed by atoms with E-state index in [-0.39, 0.29) is 5.72 Å². The Morgan fingerprint density at radius 1 is 1.19 bits per heavy atom. The summed E-state index contributed by atoms with van der Waals surface area (Å²) in [6, 6.07) is 10.3. The van der Waals surface area contributed by atoms with E-state index in [1.807, 2.05) is 7.11 Å². The van der Waals surface area contributed by atoms with Crippen LogP contribution in [0.1, 0.15) is 37.2 Å². The SMILES string of the molecule is CO[C@@]12CC[C@@H](C[C@H](c3cc[c]([Sn]([CH3])([CH3])[CH3])cc3)C1)N2C. The average Bonchev–Trinajstić information content (AvgIpc) is 2.65. The van der Waals surface area contributed by atoms with E-state index < -0.39 is 18.4 Å². The summed E-state index contributed by atoms with van der Waals surface area (Å²) in [5.74, 6) is 0.665. The Bertz CT molecular complexity index is 507. The van der Waals surface area contributed by atoms with E-state index in [2.05, 4.69) is 51.0 Å². The molecule has 3 heteroatoms. The zero-order chi connectivity index (χ0) is 15.3. The maximum atomic E-state index is 5.95. The molecule has 2 nitrogen and oxygen atoms in total. The van der Waals surface area contributed by atoms with Gasteiger partial charge < -0.3 is 0 Å². The first-order chi connectivity index (χ1) is 9.86. The predicted octanol–water partition coefficient (Wildman–Crippen LogP) is 3.55. The van der Waals surface area contributed by atoms with Crippen molar-refractivity contribution < 1.29 is 4.74 Å². The number of rotatable bonds is 3. The van der Waals surface area contributed by atoms with Crippen molar-refractivity contribution in [2.75, 3.05) is 14.2 Å². The Morgan fingerprint density at radius 3 is 2.43 bits per heavy atom. The fraction of sp³-hybridized carbons (Fsp3) is 0.667. The summed E-state index contributed by atoms with van der Waals surface area (Å²) < 4.78 is 7.58. The monoisotopic (exact) mass is 395 g/mol. The molecule has 2 saturated heterocycles. The molecule has 0 spiro atoms. The molecule has 21 heavy (non-hydrogen) atoms. The Balaban J connectivity index is 1.82. The molecule has 2 fully saturated rings. The van der Waals surface area contributed by atoms with E-state index in [1.165, 1.54) is 24.8 Å². The third-order valence-corrected chi connectivity index (χ3v) is 11.7. The van der Waals surface area contributed by atoms with E-state index in [4.69, 9.17) is 4.74 Å². The molecule has 116 valence electrons. The zero-order valence-corrected chi connectivity index (χ0v) is 17.0. The van der Waals surface area contributed by atoms with Crippen LogP contribution >= 0.6 is 0 Å². The fourth-order valence-corrected chi connectivity index (χ4v) is 7.58. The molecule has 1 aromatic rings.